The lowest BCUT2D eigenvalue weighted by Gasteiger charge is -2.31. The first-order chi connectivity index (χ1) is 20.2. The van der Waals surface area contributed by atoms with Gasteiger partial charge in [0.15, 0.2) is 5.82 Å². The Balaban J connectivity index is 1.38. The van der Waals surface area contributed by atoms with E-state index in [-0.39, 0.29) is 52.1 Å². The molecule has 2 aliphatic heterocycles. The van der Waals surface area contributed by atoms with Gasteiger partial charge in [-0.25, -0.2) is 13.2 Å². The average Bonchev–Trinajstić information content (AvgIpc) is 3.45. The van der Waals surface area contributed by atoms with Crippen molar-refractivity contribution < 1.29 is 23.0 Å². The molecule has 4 heterocycles. The smallest absolute Gasteiger partial charge is 0.319 e. The van der Waals surface area contributed by atoms with Gasteiger partial charge in [0.1, 0.15) is 41.4 Å². The summed E-state index contributed by atoms with van der Waals surface area (Å²) in [7, 11) is 1.90. The Morgan fingerprint density at radius 2 is 2.07 bits per heavy atom. The van der Waals surface area contributed by atoms with Crippen LogP contribution in [0.15, 0.2) is 30.5 Å². The second-order valence-electron chi connectivity index (χ2n) is 11.9. The molecular weight excluding hydrogens is 543 g/mol. The molecule has 2 saturated heterocycles. The van der Waals surface area contributed by atoms with Gasteiger partial charge in [-0.2, -0.15) is 9.97 Å². The quantitative estimate of drug-likeness (QED) is 0.301. The molecule has 0 spiro atoms. The minimum atomic E-state index is -0.912. The van der Waals surface area contributed by atoms with Crippen LogP contribution in [-0.4, -0.2) is 69.5 Å². The van der Waals surface area contributed by atoms with E-state index in [0.29, 0.717) is 35.5 Å². The first kappa shape index (κ1) is 26.8. The second-order valence-corrected chi connectivity index (χ2v) is 11.9. The summed E-state index contributed by atoms with van der Waals surface area (Å²) in [6.07, 6.45) is 9.35. The Kier molecular flexibility index (Phi) is 6.21. The van der Waals surface area contributed by atoms with Crippen LogP contribution in [0.4, 0.5) is 19.0 Å². The Morgan fingerprint density at radius 1 is 1.26 bits per heavy atom. The Hall–Kier alpha value is -4.10. The Bertz CT molecular complexity index is 1790. The van der Waals surface area contributed by atoms with Crippen LogP contribution in [-0.2, 0) is 0 Å². The van der Waals surface area contributed by atoms with Crippen molar-refractivity contribution in [2.75, 3.05) is 31.6 Å². The van der Waals surface area contributed by atoms with Gasteiger partial charge in [-0.05, 0) is 55.3 Å². The number of phenols is 1. The van der Waals surface area contributed by atoms with Crippen molar-refractivity contribution in [1.29, 1.82) is 0 Å². The van der Waals surface area contributed by atoms with Crippen molar-refractivity contribution >= 4 is 27.5 Å². The lowest BCUT2D eigenvalue weighted by molar-refractivity contribution is 0.107. The number of terminal acetylenes is 1. The van der Waals surface area contributed by atoms with Gasteiger partial charge in [-0.3, -0.25) is 9.88 Å². The third-order valence-corrected chi connectivity index (χ3v) is 9.22. The Morgan fingerprint density at radius 3 is 2.83 bits per heavy atom. The standard InChI is InChI=1S/C32H30F3N5O2/c1-4-21-24(34)7-6-18-11-20(41)12-22(26(18)21)28-27(35)29-23(14-36-28)30(39(3)25-10-17(25)2)38-31(37-29)42-16-32-8-5-9-40(32)15-19(33)13-32/h1,6-7,11-12,14,17,19,25,41H,5,8-10,13,15-16H2,2-3H3/t17?,19-,25?,32+/m1/s1. The number of aromatic hydroxyl groups is 1. The molecule has 2 aromatic carbocycles. The predicted octanol–water partition coefficient (Wildman–Crippen LogP) is 5.61. The maximum Gasteiger partial charge on any atom is 0.319 e. The minimum absolute atomic E-state index is 0.00615. The number of benzene rings is 2. The first-order valence-corrected chi connectivity index (χ1v) is 14.2. The monoisotopic (exact) mass is 573 g/mol. The van der Waals surface area contributed by atoms with Crippen molar-refractivity contribution in [1.82, 2.24) is 19.9 Å². The molecule has 216 valence electrons. The molecule has 10 heteroatoms. The molecular formula is C32H30F3N5O2. The third kappa shape index (κ3) is 4.21. The molecule has 4 aromatic rings. The molecule has 7 nitrogen and oxygen atoms in total. The summed E-state index contributed by atoms with van der Waals surface area (Å²) in [6, 6.07) is 5.66. The molecule has 3 fully saturated rings. The van der Waals surface area contributed by atoms with Crippen LogP contribution in [0.3, 0.4) is 0 Å². The maximum atomic E-state index is 16.6. The van der Waals surface area contributed by atoms with Gasteiger partial charge in [0.25, 0.3) is 0 Å². The van der Waals surface area contributed by atoms with Crippen molar-refractivity contribution in [2.24, 2.45) is 5.92 Å². The fourth-order valence-corrected chi connectivity index (χ4v) is 6.94. The SMILES string of the molecule is C#Cc1c(F)ccc2cc(O)cc(-c3ncc4c(N(C)C5CC5C)nc(OC[C@@]56CCCN5C[C@H](F)C6)nc4c3F)c12. The average molecular weight is 574 g/mol. The molecule has 1 aliphatic carbocycles. The molecule has 1 saturated carbocycles. The van der Waals surface area contributed by atoms with Crippen LogP contribution in [0.1, 0.15) is 38.2 Å². The highest BCUT2D eigenvalue weighted by molar-refractivity contribution is 6.03. The first-order valence-electron chi connectivity index (χ1n) is 14.2. The number of hydrogen-bond acceptors (Lipinski definition) is 7. The number of phenolic OH excluding ortho intramolecular Hbond substituents is 1. The van der Waals surface area contributed by atoms with E-state index in [1.165, 1.54) is 30.5 Å². The van der Waals surface area contributed by atoms with E-state index in [4.69, 9.17) is 16.1 Å². The molecule has 3 aliphatic rings. The van der Waals surface area contributed by atoms with E-state index in [9.17, 15) is 13.9 Å². The van der Waals surface area contributed by atoms with Crippen LogP contribution in [0, 0.1) is 29.9 Å². The summed E-state index contributed by atoms with van der Waals surface area (Å²) in [4.78, 5) is 17.7. The molecule has 42 heavy (non-hydrogen) atoms. The van der Waals surface area contributed by atoms with Crippen molar-refractivity contribution in [3.8, 4) is 35.4 Å². The summed E-state index contributed by atoms with van der Waals surface area (Å²) in [5, 5.41) is 11.5. The van der Waals surface area contributed by atoms with E-state index in [2.05, 4.69) is 27.7 Å². The number of nitrogens with zero attached hydrogens (tertiary/aromatic N) is 5. The molecule has 0 bridgehead atoms. The highest BCUT2D eigenvalue weighted by atomic mass is 19.1. The summed E-state index contributed by atoms with van der Waals surface area (Å²) < 4.78 is 51.8. The number of alkyl halides is 1. The van der Waals surface area contributed by atoms with E-state index in [1.54, 1.807) is 0 Å². The number of hydrogen-bond donors (Lipinski definition) is 1. The van der Waals surface area contributed by atoms with Gasteiger partial charge >= 0.3 is 6.01 Å². The van der Waals surface area contributed by atoms with Gasteiger partial charge in [-0.1, -0.05) is 18.9 Å². The van der Waals surface area contributed by atoms with Gasteiger partial charge in [0.05, 0.1) is 16.5 Å². The second kappa shape index (κ2) is 9.73. The molecule has 2 aromatic heterocycles. The zero-order valence-corrected chi connectivity index (χ0v) is 23.4. The third-order valence-electron chi connectivity index (χ3n) is 9.22. The lowest BCUT2D eigenvalue weighted by atomic mass is 9.95. The molecule has 0 amide bonds. The van der Waals surface area contributed by atoms with E-state index >= 15 is 4.39 Å². The van der Waals surface area contributed by atoms with Crippen LogP contribution < -0.4 is 9.64 Å². The fraction of sp³-hybridized carbons (Fsp3) is 0.406. The summed E-state index contributed by atoms with van der Waals surface area (Å²) in [5.41, 5.74) is -0.496. The van der Waals surface area contributed by atoms with E-state index in [1.807, 2.05) is 11.9 Å². The molecule has 4 atom stereocenters. The number of anilines is 1. The van der Waals surface area contributed by atoms with E-state index < -0.39 is 23.3 Å². The summed E-state index contributed by atoms with van der Waals surface area (Å²) in [5.74, 6) is 1.72. The predicted molar refractivity (Wildman–Crippen MR) is 154 cm³/mol. The van der Waals surface area contributed by atoms with Gasteiger partial charge < -0.3 is 14.7 Å². The maximum absolute atomic E-state index is 16.6. The number of aromatic nitrogens is 3. The van der Waals surface area contributed by atoms with E-state index in [0.717, 1.165) is 25.8 Å². The van der Waals surface area contributed by atoms with Crippen molar-refractivity contribution in [3.05, 3.63) is 47.7 Å². The molecule has 1 N–H and O–H groups in total. The van der Waals surface area contributed by atoms with Crippen LogP contribution in [0.5, 0.6) is 11.8 Å². The molecule has 7 rings (SSSR count). The van der Waals surface area contributed by atoms with Crippen molar-refractivity contribution in [2.45, 2.75) is 50.4 Å². The number of fused-ring (bicyclic) bond motifs is 3. The molecule has 2 unspecified atom stereocenters. The topological polar surface area (TPSA) is 74.6 Å². The lowest BCUT2D eigenvalue weighted by Crippen LogP contribution is -2.43. The van der Waals surface area contributed by atoms with Gasteiger partial charge in [0, 0.05) is 43.2 Å². The van der Waals surface area contributed by atoms with Crippen LogP contribution in [0.25, 0.3) is 32.9 Å². The van der Waals surface area contributed by atoms with Crippen molar-refractivity contribution in [3.63, 3.8) is 0 Å². The Labute approximate surface area is 241 Å². The zero-order chi connectivity index (χ0) is 29.3. The summed E-state index contributed by atoms with van der Waals surface area (Å²) in [6.45, 7) is 3.54. The highest BCUT2D eigenvalue weighted by Crippen LogP contribution is 2.43. The van der Waals surface area contributed by atoms with Gasteiger partial charge in [-0.15, -0.1) is 6.42 Å². The van der Waals surface area contributed by atoms with Crippen LogP contribution in [0.2, 0.25) is 0 Å². The van der Waals surface area contributed by atoms with Gasteiger partial charge in [0.2, 0.25) is 0 Å². The number of halogens is 3. The number of rotatable bonds is 6. The minimum Gasteiger partial charge on any atom is -0.508 e. The summed E-state index contributed by atoms with van der Waals surface area (Å²) >= 11 is 0. The fourth-order valence-electron chi connectivity index (χ4n) is 6.94. The number of pyridine rings is 1. The number of ether oxygens (including phenoxy) is 1. The normalized spacial score (nSPS) is 25.1. The highest BCUT2D eigenvalue weighted by Gasteiger charge is 2.49. The largest absolute Gasteiger partial charge is 0.508 e. The zero-order valence-electron chi connectivity index (χ0n) is 23.4. The molecule has 0 radical (unpaired) electrons. The van der Waals surface area contributed by atoms with Crippen LogP contribution >= 0.6 is 0 Å².